The number of aryl methyl sites for hydroxylation is 1. The van der Waals surface area contributed by atoms with Crippen LogP contribution in [-0.4, -0.2) is 43.9 Å². The molecule has 0 unspecified atom stereocenters. The van der Waals surface area contributed by atoms with E-state index in [4.69, 9.17) is 0 Å². The van der Waals surface area contributed by atoms with Gasteiger partial charge >= 0.3 is 0 Å². The molecule has 0 atom stereocenters. The standard InChI is InChI=1S/C16H19N3O2S2/c1-14-13-17-16(22-14)18-8-10-19(11-9-18)23(20,21)12-7-15-5-3-2-4-6-15/h2-7,12-13H,8-11H2,1H3/b12-7+. The number of sulfonamides is 1. The zero-order valence-corrected chi connectivity index (χ0v) is 14.6. The van der Waals surface area contributed by atoms with Crippen molar-refractivity contribution in [3.63, 3.8) is 0 Å². The Hall–Kier alpha value is -1.70. The maximum atomic E-state index is 12.4. The summed E-state index contributed by atoms with van der Waals surface area (Å²) >= 11 is 1.64. The van der Waals surface area contributed by atoms with Crippen LogP contribution in [0.5, 0.6) is 0 Å². The first-order chi connectivity index (χ1) is 11.0. The minimum absolute atomic E-state index is 0.486. The molecule has 0 bridgehead atoms. The van der Waals surface area contributed by atoms with Gasteiger partial charge in [0, 0.05) is 42.7 Å². The molecule has 1 aliphatic heterocycles. The van der Waals surface area contributed by atoms with Gasteiger partial charge in [-0.25, -0.2) is 13.4 Å². The predicted octanol–water partition coefficient (Wildman–Crippen LogP) is 2.57. The molecule has 0 N–H and O–H groups in total. The van der Waals surface area contributed by atoms with E-state index in [1.54, 1.807) is 17.4 Å². The molecule has 1 fully saturated rings. The Kier molecular flexibility index (Phi) is 4.79. The zero-order valence-electron chi connectivity index (χ0n) is 12.9. The Balaban J connectivity index is 1.63. The monoisotopic (exact) mass is 349 g/mol. The minimum Gasteiger partial charge on any atom is -0.345 e. The zero-order chi connectivity index (χ0) is 16.3. The average Bonchev–Trinajstić information content (AvgIpc) is 3.01. The van der Waals surface area contributed by atoms with E-state index in [2.05, 4.69) is 9.88 Å². The van der Waals surface area contributed by atoms with Crippen LogP contribution in [0.2, 0.25) is 0 Å². The molecule has 7 heteroatoms. The number of hydrogen-bond donors (Lipinski definition) is 0. The van der Waals surface area contributed by atoms with Gasteiger partial charge in [-0.05, 0) is 18.6 Å². The topological polar surface area (TPSA) is 53.5 Å². The molecule has 0 amide bonds. The molecule has 23 heavy (non-hydrogen) atoms. The van der Waals surface area contributed by atoms with E-state index in [-0.39, 0.29) is 0 Å². The maximum absolute atomic E-state index is 12.4. The lowest BCUT2D eigenvalue weighted by molar-refractivity contribution is 0.390. The quantitative estimate of drug-likeness (QED) is 0.851. The number of rotatable bonds is 4. The Morgan fingerprint density at radius 3 is 2.43 bits per heavy atom. The second-order valence-electron chi connectivity index (χ2n) is 5.40. The van der Waals surface area contributed by atoms with Crippen LogP contribution in [-0.2, 0) is 10.0 Å². The van der Waals surface area contributed by atoms with Crippen LogP contribution in [0.4, 0.5) is 5.13 Å². The summed E-state index contributed by atoms with van der Waals surface area (Å²) in [4.78, 5) is 7.68. The first kappa shape index (κ1) is 16.2. The van der Waals surface area contributed by atoms with Crippen molar-refractivity contribution in [2.24, 2.45) is 0 Å². The third kappa shape index (κ3) is 3.99. The summed E-state index contributed by atoms with van der Waals surface area (Å²) < 4.78 is 26.4. The van der Waals surface area contributed by atoms with Gasteiger partial charge in [0.05, 0.1) is 0 Å². The summed E-state index contributed by atoms with van der Waals surface area (Å²) in [6.45, 7) is 4.34. The number of anilines is 1. The van der Waals surface area contributed by atoms with Crippen molar-refractivity contribution in [3.8, 4) is 0 Å². The van der Waals surface area contributed by atoms with Crippen LogP contribution >= 0.6 is 11.3 Å². The van der Waals surface area contributed by atoms with Gasteiger partial charge in [0.2, 0.25) is 10.0 Å². The summed E-state index contributed by atoms with van der Waals surface area (Å²) in [5.41, 5.74) is 0.882. The molecule has 0 spiro atoms. The lowest BCUT2D eigenvalue weighted by atomic mass is 10.2. The third-order valence-corrected chi connectivity index (χ3v) is 6.25. The Labute approximate surface area is 140 Å². The molecule has 122 valence electrons. The number of thiazole rings is 1. The number of benzene rings is 1. The lowest BCUT2D eigenvalue weighted by Gasteiger charge is -2.33. The van der Waals surface area contributed by atoms with Crippen molar-refractivity contribution < 1.29 is 8.42 Å². The van der Waals surface area contributed by atoms with Gasteiger partial charge in [0.1, 0.15) is 0 Å². The molecule has 0 saturated carbocycles. The van der Waals surface area contributed by atoms with E-state index >= 15 is 0 Å². The molecule has 3 rings (SSSR count). The predicted molar refractivity (Wildman–Crippen MR) is 95.0 cm³/mol. The third-order valence-electron chi connectivity index (χ3n) is 3.71. The summed E-state index contributed by atoms with van der Waals surface area (Å²) in [6.07, 6.45) is 3.50. The van der Waals surface area contributed by atoms with Crippen LogP contribution in [0.15, 0.2) is 41.9 Å². The van der Waals surface area contributed by atoms with Crippen LogP contribution in [0.25, 0.3) is 6.08 Å². The molecule has 1 aromatic heterocycles. The van der Waals surface area contributed by atoms with Crippen LogP contribution in [0.1, 0.15) is 10.4 Å². The molecule has 1 saturated heterocycles. The van der Waals surface area contributed by atoms with Gasteiger partial charge in [-0.15, -0.1) is 11.3 Å². The van der Waals surface area contributed by atoms with Crippen molar-refractivity contribution >= 4 is 32.6 Å². The van der Waals surface area contributed by atoms with Gasteiger partial charge in [-0.2, -0.15) is 4.31 Å². The van der Waals surface area contributed by atoms with Gasteiger partial charge in [-0.3, -0.25) is 0 Å². The average molecular weight is 349 g/mol. The second-order valence-corrected chi connectivity index (χ2v) is 8.43. The van der Waals surface area contributed by atoms with E-state index in [1.165, 1.54) is 14.6 Å². The first-order valence-corrected chi connectivity index (χ1v) is 9.77. The number of nitrogens with zero attached hydrogens (tertiary/aromatic N) is 3. The van der Waals surface area contributed by atoms with Crippen molar-refractivity contribution in [3.05, 3.63) is 52.4 Å². The van der Waals surface area contributed by atoms with Gasteiger partial charge in [0.15, 0.2) is 5.13 Å². The van der Waals surface area contributed by atoms with E-state index < -0.39 is 10.0 Å². The molecule has 5 nitrogen and oxygen atoms in total. The Morgan fingerprint density at radius 1 is 1.13 bits per heavy atom. The fourth-order valence-electron chi connectivity index (χ4n) is 2.44. The normalized spacial score (nSPS) is 17.0. The largest absolute Gasteiger partial charge is 0.345 e. The number of piperazine rings is 1. The lowest BCUT2D eigenvalue weighted by Crippen LogP contribution is -2.48. The molecule has 1 aromatic carbocycles. The van der Waals surface area contributed by atoms with Crippen molar-refractivity contribution in [1.29, 1.82) is 0 Å². The molecule has 0 radical (unpaired) electrons. The van der Waals surface area contributed by atoms with Gasteiger partial charge in [-0.1, -0.05) is 30.3 Å². The van der Waals surface area contributed by atoms with E-state index in [1.807, 2.05) is 43.5 Å². The van der Waals surface area contributed by atoms with Gasteiger partial charge < -0.3 is 4.90 Å². The van der Waals surface area contributed by atoms with Crippen molar-refractivity contribution in [1.82, 2.24) is 9.29 Å². The first-order valence-electron chi connectivity index (χ1n) is 7.45. The van der Waals surface area contributed by atoms with Crippen LogP contribution < -0.4 is 4.90 Å². The Bertz CT molecular complexity index is 777. The molecule has 2 aromatic rings. The molecule has 1 aliphatic rings. The van der Waals surface area contributed by atoms with Gasteiger partial charge in [0.25, 0.3) is 0 Å². The summed E-state index contributed by atoms with van der Waals surface area (Å²) in [5, 5.41) is 2.27. The molecular weight excluding hydrogens is 330 g/mol. The van der Waals surface area contributed by atoms with Crippen LogP contribution in [0.3, 0.4) is 0 Å². The summed E-state index contributed by atoms with van der Waals surface area (Å²) in [7, 11) is -3.37. The smallest absolute Gasteiger partial charge is 0.236 e. The molecule has 2 heterocycles. The molecule has 0 aliphatic carbocycles. The van der Waals surface area contributed by atoms with Crippen molar-refractivity contribution in [2.75, 3.05) is 31.1 Å². The van der Waals surface area contributed by atoms with E-state index in [9.17, 15) is 8.42 Å². The highest BCUT2D eigenvalue weighted by Gasteiger charge is 2.26. The fraction of sp³-hybridized carbons (Fsp3) is 0.312. The summed E-state index contributed by atoms with van der Waals surface area (Å²) in [6, 6.07) is 9.46. The second kappa shape index (κ2) is 6.82. The Morgan fingerprint density at radius 2 is 1.83 bits per heavy atom. The molecular formula is C16H19N3O2S2. The minimum atomic E-state index is -3.37. The highest BCUT2D eigenvalue weighted by atomic mass is 32.2. The maximum Gasteiger partial charge on any atom is 0.236 e. The van der Waals surface area contributed by atoms with Crippen molar-refractivity contribution in [2.45, 2.75) is 6.92 Å². The van der Waals surface area contributed by atoms with Crippen LogP contribution in [0, 0.1) is 6.92 Å². The summed E-state index contributed by atoms with van der Waals surface area (Å²) in [5.74, 6) is 0. The van der Waals surface area contributed by atoms with E-state index in [0.717, 1.165) is 10.7 Å². The van der Waals surface area contributed by atoms with E-state index in [0.29, 0.717) is 26.2 Å². The highest BCUT2D eigenvalue weighted by Crippen LogP contribution is 2.23. The SMILES string of the molecule is Cc1cnc(N2CCN(S(=O)(=O)/C=C/c3ccccc3)CC2)s1. The number of hydrogen-bond acceptors (Lipinski definition) is 5. The number of aromatic nitrogens is 1. The fourth-order valence-corrected chi connectivity index (χ4v) is 4.42. The highest BCUT2D eigenvalue weighted by molar-refractivity contribution is 7.92.